The summed E-state index contributed by atoms with van der Waals surface area (Å²) in [5, 5.41) is 19.4. The highest BCUT2D eigenvalue weighted by Crippen LogP contribution is 2.41. The van der Waals surface area contributed by atoms with E-state index in [-0.39, 0.29) is 35.8 Å². The molecule has 5 rings (SSSR count). The molecule has 0 spiro atoms. The van der Waals surface area contributed by atoms with Gasteiger partial charge >= 0.3 is 11.9 Å². The van der Waals surface area contributed by atoms with E-state index in [1.807, 2.05) is 0 Å². The number of benzene rings is 1. The first-order valence-corrected chi connectivity index (χ1v) is 14.7. The average Bonchev–Trinajstić information content (AvgIpc) is 3.69. The minimum Gasteiger partial charge on any atom is -0.481 e. The molecule has 1 amide bonds. The topological polar surface area (TPSA) is 137 Å². The van der Waals surface area contributed by atoms with Crippen molar-refractivity contribution in [2.75, 3.05) is 19.7 Å². The van der Waals surface area contributed by atoms with Crippen LogP contribution < -0.4 is 5.32 Å². The van der Waals surface area contributed by atoms with Crippen LogP contribution in [-0.4, -0.2) is 87.6 Å². The zero-order valence-electron chi connectivity index (χ0n) is 24.4. The van der Waals surface area contributed by atoms with Gasteiger partial charge in [-0.1, -0.05) is 12.1 Å². The van der Waals surface area contributed by atoms with Gasteiger partial charge in [-0.05, 0) is 44.9 Å². The van der Waals surface area contributed by atoms with Gasteiger partial charge in [-0.25, -0.2) is 28.0 Å². The number of hydrazone groups is 1. The number of carboxylic acids is 1. The Hall–Kier alpha value is -4.11. The fraction of sp³-hybridized carbons (Fsp3) is 0.448. The van der Waals surface area contributed by atoms with Crippen molar-refractivity contribution in [1.29, 1.82) is 0 Å². The van der Waals surface area contributed by atoms with Gasteiger partial charge in [-0.2, -0.15) is 5.10 Å². The summed E-state index contributed by atoms with van der Waals surface area (Å²) in [5.74, 6) is -6.49. The molecule has 3 aliphatic heterocycles. The number of rotatable bonds is 9. The first kappa shape index (κ1) is 31.3. The zero-order valence-corrected chi connectivity index (χ0v) is 25.2. The Bertz CT molecular complexity index is 1570. The van der Waals surface area contributed by atoms with E-state index in [2.05, 4.69) is 15.4 Å². The number of amidine groups is 1. The van der Waals surface area contributed by atoms with Crippen molar-refractivity contribution in [3.63, 3.8) is 0 Å². The van der Waals surface area contributed by atoms with Gasteiger partial charge < -0.3 is 15.2 Å². The molecule has 3 atom stereocenters. The number of carbonyl (C=O) groups is 3. The monoisotopic (exact) mass is 632 g/mol. The number of nitrogens with one attached hydrogen (secondary N) is 1. The van der Waals surface area contributed by atoms with Gasteiger partial charge in [0, 0.05) is 36.5 Å². The summed E-state index contributed by atoms with van der Waals surface area (Å²) in [7, 11) is 0. The Kier molecular flexibility index (Phi) is 8.37. The summed E-state index contributed by atoms with van der Waals surface area (Å²) in [5.41, 5.74) is -0.597. The number of halogens is 3. The smallest absolute Gasteiger partial charge is 0.338 e. The van der Waals surface area contributed by atoms with Crippen molar-refractivity contribution < 1.29 is 37.4 Å². The number of aliphatic carboxylic acids is 1. The van der Waals surface area contributed by atoms with E-state index < -0.39 is 66.1 Å². The maximum atomic E-state index is 15.6. The summed E-state index contributed by atoms with van der Waals surface area (Å²) in [6, 6.07) is 0.668. The van der Waals surface area contributed by atoms with Crippen molar-refractivity contribution in [2.45, 2.75) is 58.2 Å². The van der Waals surface area contributed by atoms with Crippen LogP contribution in [0.5, 0.6) is 0 Å². The molecule has 2 aromatic rings. The molecule has 0 radical (unpaired) electrons. The van der Waals surface area contributed by atoms with Gasteiger partial charge in [0.05, 0.1) is 30.2 Å². The first-order chi connectivity index (χ1) is 20.7. The number of hydrogen-bond donors (Lipinski definition) is 2. The van der Waals surface area contributed by atoms with Crippen molar-refractivity contribution in [2.24, 2.45) is 15.5 Å². The number of aromatic nitrogens is 1. The first-order valence-electron chi connectivity index (χ1n) is 13.9. The largest absolute Gasteiger partial charge is 0.481 e. The van der Waals surface area contributed by atoms with Crippen LogP contribution >= 0.6 is 11.3 Å². The number of nitrogens with zero attached hydrogens (tertiary/aromatic N) is 5. The zero-order chi connectivity index (χ0) is 32.0. The highest BCUT2D eigenvalue weighted by molar-refractivity contribution is 7.11. The highest BCUT2D eigenvalue weighted by Gasteiger charge is 2.60. The maximum absolute atomic E-state index is 15.6. The average molecular weight is 633 g/mol. The Labute approximate surface area is 255 Å². The molecule has 1 saturated heterocycles. The second-order valence-corrected chi connectivity index (χ2v) is 12.3. The van der Waals surface area contributed by atoms with Crippen LogP contribution in [0.25, 0.3) is 0 Å². The quantitative estimate of drug-likeness (QED) is 0.401. The van der Waals surface area contributed by atoms with E-state index in [9.17, 15) is 23.9 Å². The van der Waals surface area contributed by atoms with Gasteiger partial charge in [0.15, 0.2) is 10.8 Å². The second-order valence-electron chi connectivity index (χ2n) is 11.4. The van der Waals surface area contributed by atoms with Gasteiger partial charge in [0.1, 0.15) is 17.9 Å². The molecule has 44 heavy (non-hydrogen) atoms. The number of carbonyl (C=O) groups excluding carboxylic acids is 2. The molecule has 1 aromatic carbocycles. The number of thiazole rings is 1. The molecule has 1 aromatic heterocycles. The molecule has 234 valence electrons. The minimum absolute atomic E-state index is 0.0242. The van der Waals surface area contributed by atoms with Crippen molar-refractivity contribution in [1.82, 2.24) is 20.2 Å². The number of fused-ring (bicyclic) bond motifs is 1. The van der Waals surface area contributed by atoms with E-state index in [1.165, 1.54) is 48.4 Å². The van der Waals surface area contributed by atoms with Gasteiger partial charge in [-0.3, -0.25) is 19.5 Å². The van der Waals surface area contributed by atoms with Crippen LogP contribution in [0.1, 0.15) is 49.4 Å². The van der Waals surface area contributed by atoms with E-state index in [0.717, 1.165) is 0 Å². The van der Waals surface area contributed by atoms with Crippen molar-refractivity contribution in [3.8, 4) is 0 Å². The minimum atomic E-state index is -3.42. The standard InChI is InChI=1S/C29H31F3N6O5S/c1-5-43-26(40)21-18(35-24(25-33-9-10-44-25)36-22(21)16-7-6-8-17(30)15(16)2)13-37-14-29(31,32)23-19(37)12-34-38(23)20(39)11-28(3,4)27(41)42/h6-10,12,19,22-23H,5,11,13-14H2,1-4H3,(H,35,36)(H,41,42)/t19-,22+,23+/m1/s1. The molecule has 0 saturated carbocycles. The van der Waals surface area contributed by atoms with Gasteiger partial charge in [-0.15, -0.1) is 11.3 Å². The SMILES string of the molecule is CCOC(=O)C1=C(CN2CC(F)(F)[C@@H]3[C@H]2C=NN3C(=O)CC(C)(C)C(=O)O)NC(c2nccs2)=N[C@H]1c1cccc(F)c1C. The highest BCUT2D eigenvalue weighted by atomic mass is 32.1. The molecule has 1 fully saturated rings. The molecular formula is C29H31F3N6O5S. The fourth-order valence-corrected chi connectivity index (χ4v) is 6.10. The number of aliphatic imine (C=N–C) groups is 1. The number of alkyl halides is 2. The molecule has 2 N–H and O–H groups in total. The number of esters is 1. The predicted molar refractivity (Wildman–Crippen MR) is 155 cm³/mol. The third-order valence-corrected chi connectivity index (χ3v) is 8.63. The second kappa shape index (κ2) is 11.8. The normalized spacial score (nSPS) is 22.9. The summed E-state index contributed by atoms with van der Waals surface area (Å²) >= 11 is 1.27. The van der Waals surface area contributed by atoms with Crippen LogP contribution in [0.3, 0.4) is 0 Å². The molecule has 0 unspecified atom stereocenters. The molecule has 0 aliphatic carbocycles. The van der Waals surface area contributed by atoms with E-state index in [4.69, 9.17) is 9.73 Å². The lowest BCUT2D eigenvalue weighted by Crippen LogP contribution is -2.49. The van der Waals surface area contributed by atoms with E-state index in [1.54, 1.807) is 31.5 Å². The summed E-state index contributed by atoms with van der Waals surface area (Å²) in [6.45, 7) is 4.87. The van der Waals surface area contributed by atoms with Crippen LogP contribution in [0.15, 0.2) is 51.1 Å². The van der Waals surface area contributed by atoms with Gasteiger partial charge in [0.25, 0.3) is 5.92 Å². The Balaban J connectivity index is 1.53. The maximum Gasteiger partial charge on any atom is 0.338 e. The van der Waals surface area contributed by atoms with Crippen LogP contribution in [0.2, 0.25) is 0 Å². The Morgan fingerprint density at radius 3 is 2.68 bits per heavy atom. The van der Waals surface area contributed by atoms with Crippen molar-refractivity contribution >= 4 is 41.2 Å². The molecule has 15 heteroatoms. The lowest BCUT2D eigenvalue weighted by Gasteiger charge is -2.31. The lowest BCUT2D eigenvalue weighted by atomic mass is 9.89. The summed E-state index contributed by atoms with van der Waals surface area (Å²) < 4.78 is 51.2. The predicted octanol–water partition coefficient (Wildman–Crippen LogP) is 3.52. The fourth-order valence-electron chi connectivity index (χ4n) is 5.51. The summed E-state index contributed by atoms with van der Waals surface area (Å²) in [6.07, 6.45) is 2.27. The lowest BCUT2D eigenvalue weighted by molar-refractivity contribution is -0.154. The molecule has 11 nitrogen and oxygen atoms in total. The van der Waals surface area contributed by atoms with Crippen LogP contribution in [0, 0.1) is 18.2 Å². The van der Waals surface area contributed by atoms with E-state index >= 15 is 8.78 Å². The molecule has 3 aliphatic rings. The van der Waals surface area contributed by atoms with Gasteiger partial charge in [0.2, 0.25) is 5.91 Å². The third-order valence-electron chi connectivity index (χ3n) is 7.85. The van der Waals surface area contributed by atoms with E-state index in [0.29, 0.717) is 15.6 Å². The summed E-state index contributed by atoms with van der Waals surface area (Å²) in [4.78, 5) is 48.4. The Morgan fingerprint density at radius 2 is 2.02 bits per heavy atom. The number of likely N-dealkylation sites (tertiary alicyclic amines) is 1. The van der Waals surface area contributed by atoms with Crippen LogP contribution in [0.4, 0.5) is 13.2 Å². The number of hydrogen-bond acceptors (Lipinski definition) is 10. The molecular weight excluding hydrogens is 601 g/mol. The Morgan fingerprint density at radius 1 is 1.27 bits per heavy atom. The van der Waals surface area contributed by atoms with Crippen molar-refractivity contribution in [3.05, 3.63) is 63.0 Å². The number of amides is 1. The van der Waals surface area contributed by atoms with Crippen LogP contribution in [-0.2, 0) is 19.1 Å². The third kappa shape index (κ3) is 5.73. The number of carboxylic acid groups (broad SMARTS) is 1. The number of ether oxygens (including phenoxy) is 1. The molecule has 0 bridgehead atoms. The molecule has 4 heterocycles.